The molecule has 208 valence electrons. The number of hydrogen-bond acceptors (Lipinski definition) is 11. The molecule has 0 aliphatic carbocycles. The second kappa shape index (κ2) is 10.9. The third-order valence-electron chi connectivity index (χ3n) is 5.65. The fourth-order valence-corrected chi connectivity index (χ4v) is 4.17. The zero-order valence-electron chi connectivity index (χ0n) is 22.3. The van der Waals surface area contributed by atoms with Crippen molar-refractivity contribution in [2.24, 2.45) is 0 Å². The van der Waals surface area contributed by atoms with Crippen LogP contribution in [0.5, 0.6) is 0 Å². The predicted molar refractivity (Wildman–Crippen MR) is 142 cm³/mol. The van der Waals surface area contributed by atoms with E-state index in [0.29, 0.717) is 25.3 Å². The summed E-state index contributed by atoms with van der Waals surface area (Å²) in [6.07, 6.45) is 5.01. The summed E-state index contributed by atoms with van der Waals surface area (Å²) in [6, 6.07) is 3.59. The van der Waals surface area contributed by atoms with Crippen LogP contribution in [-0.4, -0.2) is 69.8 Å². The van der Waals surface area contributed by atoms with Crippen LogP contribution in [0.1, 0.15) is 37.7 Å². The Morgan fingerprint density at radius 3 is 2.64 bits per heavy atom. The van der Waals surface area contributed by atoms with Gasteiger partial charge in [-0.05, 0) is 32.4 Å². The highest BCUT2D eigenvalue weighted by Gasteiger charge is 2.26. The van der Waals surface area contributed by atoms with Crippen LogP contribution in [0, 0.1) is 5.82 Å². The number of aromatic nitrogens is 5. The first-order chi connectivity index (χ1) is 18.3. The van der Waals surface area contributed by atoms with Gasteiger partial charge in [-0.3, -0.25) is 9.29 Å². The Hall–Kier alpha value is -4.14. The minimum absolute atomic E-state index is 0.0400. The van der Waals surface area contributed by atoms with Gasteiger partial charge in [-0.2, -0.15) is 4.98 Å². The van der Waals surface area contributed by atoms with Crippen LogP contribution in [-0.2, 0) is 34.3 Å². The van der Waals surface area contributed by atoms with Gasteiger partial charge in [0.05, 0.1) is 25.5 Å². The molecule has 0 atom stereocenters. The first-order valence-corrected chi connectivity index (χ1v) is 13.9. The molecule has 3 aromatic rings. The molecule has 0 spiro atoms. The number of nitrogens with one attached hydrogen (secondary N) is 2. The number of pyridine rings is 1. The molecule has 39 heavy (non-hydrogen) atoms. The van der Waals surface area contributed by atoms with E-state index >= 15 is 0 Å². The van der Waals surface area contributed by atoms with E-state index in [1.54, 1.807) is 11.0 Å². The van der Waals surface area contributed by atoms with Crippen molar-refractivity contribution in [2.45, 2.75) is 45.9 Å². The van der Waals surface area contributed by atoms with E-state index in [1.165, 1.54) is 19.4 Å². The lowest BCUT2D eigenvalue weighted by atomic mass is 10.1. The molecule has 0 unspecified atom stereocenters. The van der Waals surface area contributed by atoms with Crippen molar-refractivity contribution in [2.75, 3.05) is 34.8 Å². The van der Waals surface area contributed by atoms with Crippen LogP contribution in [0.2, 0.25) is 0 Å². The van der Waals surface area contributed by atoms with E-state index in [-0.39, 0.29) is 35.9 Å². The van der Waals surface area contributed by atoms with Crippen molar-refractivity contribution < 1.29 is 22.3 Å². The van der Waals surface area contributed by atoms with Gasteiger partial charge in [0.2, 0.25) is 16.0 Å². The molecule has 15 heteroatoms. The topological polar surface area (TPSA) is 155 Å². The maximum atomic E-state index is 14.5. The van der Waals surface area contributed by atoms with Crippen molar-refractivity contribution in [1.82, 2.24) is 29.8 Å². The zero-order chi connectivity index (χ0) is 28.4. The second-order valence-corrected chi connectivity index (χ2v) is 11.9. The molecule has 0 saturated heterocycles. The maximum absolute atomic E-state index is 14.5. The van der Waals surface area contributed by atoms with E-state index in [2.05, 4.69) is 35.6 Å². The lowest BCUT2D eigenvalue weighted by molar-refractivity contribution is 0.0223. The van der Waals surface area contributed by atoms with Crippen molar-refractivity contribution in [3.8, 4) is 0 Å². The van der Waals surface area contributed by atoms with Gasteiger partial charge in [-0.25, -0.2) is 32.6 Å². The van der Waals surface area contributed by atoms with Gasteiger partial charge in [0.25, 0.3) is 0 Å². The van der Waals surface area contributed by atoms with E-state index in [1.807, 2.05) is 26.8 Å². The summed E-state index contributed by atoms with van der Waals surface area (Å²) in [5.74, 6) is -0.142. The Morgan fingerprint density at radius 1 is 1.18 bits per heavy atom. The molecule has 1 aliphatic heterocycles. The molecule has 0 aromatic carbocycles. The summed E-state index contributed by atoms with van der Waals surface area (Å²) in [5.41, 5.74) is 1.44. The molecule has 13 nitrogen and oxygen atoms in total. The number of amides is 1. The molecule has 0 radical (unpaired) electrons. The Bertz CT molecular complexity index is 1480. The number of carbonyl (C=O) groups is 1. The largest absolute Gasteiger partial charge is 0.444 e. The van der Waals surface area contributed by atoms with Crippen LogP contribution >= 0.6 is 0 Å². The summed E-state index contributed by atoms with van der Waals surface area (Å²) in [7, 11) is -2.21. The van der Waals surface area contributed by atoms with Gasteiger partial charge < -0.3 is 20.3 Å². The third-order valence-corrected chi connectivity index (χ3v) is 6.82. The first-order valence-electron chi connectivity index (χ1n) is 12.0. The number of sulfonamides is 1. The van der Waals surface area contributed by atoms with E-state index in [0.717, 1.165) is 28.0 Å². The maximum Gasteiger partial charge on any atom is 0.410 e. The number of ether oxygens (including phenoxy) is 1. The highest BCUT2D eigenvalue weighted by molar-refractivity contribution is 7.92. The standard InChI is InChI=1S/C24H30FN9O4S/c1-24(2,3)38-23(35)34-11-8-17-15(14-34)6-7-19(30-17)31-22-29-12-16(25)20(32-22)28-13-18-21(27-10-9-26-18)33(4)39(5,36)37/h6-7,9-10,12H,8,11,13-14H2,1-5H3,(H2,28,29,30,31,32). The van der Waals surface area contributed by atoms with Crippen molar-refractivity contribution in [1.29, 1.82) is 0 Å². The van der Waals surface area contributed by atoms with Gasteiger partial charge in [0, 0.05) is 38.1 Å². The molecule has 1 aliphatic rings. The molecule has 3 aromatic heterocycles. The normalized spacial score (nSPS) is 13.4. The average molecular weight is 560 g/mol. The molecule has 1 amide bonds. The van der Waals surface area contributed by atoms with E-state index < -0.39 is 21.4 Å². The number of fused-ring (bicyclic) bond motifs is 1. The van der Waals surface area contributed by atoms with Gasteiger partial charge in [-0.1, -0.05) is 6.07 Å². The minimum Gasteiger partial charge on any atom is -0.444 e. The van der Waals surface area contributed by atoms with Crippen LogP contribution in [0.3, 0.4) is 0 Å². The lowest BCUT2D eigenvalue weighted by Crippen LogP contribution is -2.40. The highest BCUT2D eigenvalue weighted by Crippen LogP contribution is 2.24. The van der Waals surface area contributed by atoms with E-state index in [9.17, 15) is 17.6 Å². The Balaban J connectivity index is 1.45. The van der Waals surface area contributed by atoms with Gasteiger partial charge in [0.1, 0.15) is 17.1 Å². The SMILES string of the molecule is CN(c1nccnc1CNc1nc(Nc2ccc3c(n2)CCN(C(=O)OC(C)(C)C)C3)ncc1F)S(C)(=O)=O. The van der Waals surface area contributed by atoms with Gasteiger partial charge in [-0.15, -0.1) is 0 Å². The number of anilines is 4. The predicted octanol–water partition coefficient (Wildman–Crippen LogP) is 2.85. The first kappa shape index (κ1) is 27.9. The Kier molecular flexibility index (Phi) is 7.81. The highest BCUT2D eigenvalue weighted by atomic mass is 32.2. The van der Waals surface area contributed by atoms with Gasteiger partial charge in [0.15, 0.2) is 17.5 Å². The third kappa shape index (κ3) is 7.04. The molecule has 0 bridgehead atoms. The van der Waals surface area contributed by atoms with Crippen LogP contribution in [0.4, 0.5) is 32.6 Å². The van der Waals surface area contributed by atoms with E-state index in [4.69, 9.17) is 4.74 Å². The van der Waals surface area contributed by atoms with Crippen molar-refractivity contribution >= 4 is 39.5 Å². The Labute approximate surface area is 225 Å². The number of rotatable bonds is 7. The average Bonchev–Trinajstić information content (AvgIpc) is 2.87. The number of nitrogens with zero attached hydrogens (tertiary/aromatic N) is 7. The fourth-order valence-electron chi connectivity index (χ4n) is 3.71. The summed E-state index contributed by atoms with van der Waals surface area (Å²) < 4.78 is 44.8. The summed E-state index contributed by atoms with van der Waals surface area (Å²) >= 11 is 0. The van der Waals surface area contributed by atoms with Crippen LogP contribution < -0.4 is 14.9 Å². The molecule has 2 N–H and O–H groups in total. The zero-order valence-corrected chi connectivity index (χ0v) is 23.1. The summed E-state index contributed by atoms with van der Waals surface area (Å²) in [6.45, 7) is 6.29. The number of hydrogen-bond donors (Lipinski definition) is 2. The van der Waals surface area contributed by atoms with Gasteiger partial charge >= 0.3 is 6.09 Å². The molecule has 0 fully saturated rings. The molecule has 4 heterocycles. The molecule has 4 rings (SSSR count). The number of carbonyl (C=O) groups excluding carboxylic acids is 1. The fraction of sp³-hybridized carbons (Fsp3) is 0.417. The summed E-state index contributed by atoms with van der Waals surface area (Å²) in [4.78, 5) is 35.1. The summed E-state index contributed by atoms with van der Waals surface area (Å²) in [5, 5.41) is 5.80. The molecular formula is C24H30FN9O4S. The lowest BCUT2D eigenvalue weighted by Gasteiger charge is -2.30. The van der Waals surface area contributed by atoms with Crippen LogP contribution in [0.15, 0.2) is 30.7 Å². The molecular weight excluding hydrogens is 529 g/mol. The second-order valence-electron chi connectivity index (χ2n) is 9.88. The van der Waals surface area contributed by atoms with Crippen molar-refractivity contribution in [3.63, 3.8) is 0 Å². The van der Waals surface area contributed by atoms with Crippen molar-refractivity contribution in [3.05, 3.63) is 53.5 Å². The quantitative estimate of drug-likeness (QED) is 0.439. The molecule has 0 saturated carbocycles. The minimum atomic E-state index is -3.57. The van der Waals surface area contributed by atoms with Crippen LogP contribution in [0.25, 0.3) is 0 Å². The Morgan fingerprint density at radius 2 is 1.92 bits per heavy atom. The smallest absolute Gasteiger partial charge is 0.410 e. The monoisotopic (exact) mass is 559 g/mol. The number of halogens is 1.